The van der Waals surface area contributed by atoms with Gasteiger partial charge in [0.1, 0.15) is 5.75 Å². The number of benzene rings is 1. The van der Waals surface area contributed by atoms with Crippen molar-refractivity contribution in [2.75, 3.05) is 20.2 Å². The van der Waals surface area contributed by atoms with Crippen molar-refractivity contribution < 1.29 is 9.47 Å². The van der Waals surface area contributed by atoms with Gasteiger partial charge in [-0.3, -0.25) is 0 Å². The fourth-order valence-electron chi connectivity index (χ4n) is 2.46. The second-order valence-electron chi connectivity index (χ2n) is 5.00. The molecule has 3 heteroatoms. The van der Waals surface area contributed by atoms with Gasteiger partial charge < -0.3 is 14.8 Å². The molecule has 1 aromatic carbocycles. The highest BCUT2D eigenvalue weighted by Gasteiger charge is 2.31. The van der Waals surface area contributed by atoms with Gasteiger partial charge in [0, 0.05) is 19.5 Å². The van der Waals surface area contributed by atoms with E-state index in [0.29, 0.717) is 0 Å². The van der Waals surface area contributed by atoms with Crippen molar-refractivity contribution in [3.63, 3.8) is 0 Å². The van der Waals surface area contributed by atoms with Gasteiger partial charge in [0.25, 0.3) is 0 Å². The first-order valence-corrected chi connectivity index (χ1v) is 6.13. The highest BCUT2D eigenvalue weighted by atomic mass is 16.5. The lowest BCUT2D eigenvalue weighted by Gasteiger charge is -2.38. The van der Waals surface area contributed by atoms with Gasteiger partial charge in [0.15, 0.2) is 0 Å². The van der Waals surface area contributed by atoms with Crippen LogP contribution in [-0.2, 0) is 11.2 Å². The van der Waals surface area contributed by atoms with Crippen molar-refractivity contribution in [1.82, 2.24) is 5.32 Å². The second kappa shape index (κ2) is 5.07. The van der Waals surface area contributed by atoms with Crippen molar-refractivity contribution in [2.45, 2.75) is 32.0 Å². The van der Waals surface area contributed by atoms with Gasteiger partial charge in [-0.05, 0) is 25.5 Å². The van der Waals surface area contributed by atoms with E-state index in [0.717, 1.165) is 25.3 Å². The van der Waals surface area contributed by atoms with Crippen LogP contribution in [0.1, 0.15) is 19.4 Å². The van der Waals surface area contributed by atoms with Crippen LogP contribution in [0.15, 0.2) is 24.3 Å². The Balaban J connectivity index is 2.13. The SMILES string of the molecule is COc1ccccc1CC1(C)CNCC(C)O1. The molecule has 1 fully saturated rings. The van der Waals surface area contributed by atoms with Crippen molar-refractivity contribution in [2.24, 2.45) is 0 Å². The molecule has 2 atom stereocenters. The molecule has 94 valence electrons. The van der Waals surface area contributed by atoms with E-state index >= 15 is 0 Å². The average Bonchev–Trinajstić information content (AvgIpc) is 2.29. The minimum atomic E-state index is -0.147. The van der Waals surface area contributed by atoms with Crippen LogP contribution in [0.2, 0.25) is 0 Å². The van der Waals surface area contributed by atoms with Gasteiger partial charge in [-0.1, -0.05) is 18.2 Å². The van der Waals surface area contributed by atoms with Crippen LogP contribution >= 0.6 is 0 Å². The number of ether oxygens (including phenoxy) is 2. The lowest BCUT2D eigenvalue weighted by atomic mass is 9.94. The predicted octanol–water partition coefficient (Wildman–Crippen LogP) is 2.00. The number of methoxy groups -OCH3 is 1. The molecule has 2 rings (SSSR count). The van der Waals surface area contributed by atoms with Gasteiger partial charge in [0.2, 0.25) is 0 Å². The first-order valence-electron chi connectivity index (χ1n) is 6.13. The first kappa shape index (κ1) is 12.4. The van der Waals surface area contributed by atoms with Gasteiger partial charge in [-0.25, -0.2) is 0 Å². The Kier molecular flexibility index (Phi) is 3.69. The van der Waals surface area contributed by atoms with Crippen molar-refractivity contribution in [3.05, 3.63) is 29.8 Å². The Morgan fingerprint density at radius 1 is 1.47 bits per heavy atom. The number of para-hydroxylation sites is 1. The third kappa shape index (κ3) is 2.99. The Bertz CT molecular complexity index is 380. The maximum atomic E-state index is 6.06. The van der Waals surface area contributed by atoms with Crippen LogP contribution in [-0.4, -0.2) is 31.9 Å². The zero-order valence-electron chi connectivity index (χ0n) is 10.8. The number of morpholine rings is 1. The first-order chi connectivity index (χ1) is 8.13. The molecule has 2 unspecified atom stereocenters. The Labute approximate surface area is 103 Å². The molecule has 1 aromatic rings. The molecule has 17 heavy (non-hydrogen) atoms. The molecule has 0 radical (unpaired) electrons. The average molecular weight is 235 g/mol. The molecule has 1 heterocycles. The standard InChI is InChI=1S/C14H21NO2/c1-11-9-15-10-14(2,17-11)8-12-6-4-5-7-13(12)16-3/h4-7,11,15H,8-10H2,1-3H3. The van der Waals surface area contributed by atoms with E-state index in [1.807, 2.05) is 18.2 Å². The van der Waals surface area contributed by atoms with E-state index in [2.05, 4.69) is 25.2 Å². The zero-order chi connectivity index (χ0) is 12.3. The molecule has 0 bridgehead atoms. The van der Waals surface area contributed by atoms with Crippen LogP contribution in [0, 0.1) is 0 Å². The second-order valence-corrected chi connectivity index (χ2v) is 5.00. The number of hydrogen-bond acceptors (Lipinski definition) is 3. The zero-order valence-corrected chi connectivity index (χ0v) is 10.8. The summed E-state index contributed by atoms with van der Waals surface area (Å²) in [6.07, 6.45) is 1.14. The van der Waals surface area contributed by atoms with Crippen LogP contribution in [0.4, 0.5) is 0 Å². The molecule has 0 saturated carbocycles. The summed E-state index contributed by atoms with van der Waals surface area (Å²) in [5.74, 6) is 0.940. The molecular weight excluding hydrogens is 214 g/mol. The van der Waals surface area contributed by atoms with Gasteiger partial charge in [-0.2, -0.15) is 0 Å². The molecule has 0 aromatic heterocycles. The van der Waals surface area contributed by atoms with E-state index in [1.165, 1.54) is 5.56 Å². The van der Waals surface area contributed by atoms with Crippen LogP contribution in [0.5, 0.6) is 5.75 Å². The number of hydrogen-bond donors (Lipinski definition) is 1. The lowest BCUT2D eigenvalue weighted by Crippen LogP contribution is -2.52. The number of rotatable bonds is 3. The normalized spacial score (nSPS) is 29.0. The molecule has 0 spiro atoms. The Morgan fingerprint density at radius 2 is 2.24 bits per heavy atom. The van der Waals surface area contributed by atoms with Crippen LogP contribution < -0.4 is 10.1 Å². The summed E-state index contributed by atoms with van der Waals surface area (Å²) in [4.78, 5) is 0. The van der Waals surface area contributed by atoms with Gasteiger partial charge in [0.05, 0.1) is 18.8 Å². The van der Waals surface area contributed by atoms with E-state index in [-0.39, 0.29) is 11.7 Å². The van der Waals surface area contributed by atoms with Crippen LogP contribution in [0.3, 0.4) is 0 Å². The maximum Gasteiger partial charge on any atom is 0.122 e. The molecule has 1 N–H and O–H groups in total. The largest absolute Gasteiger partial charge is 0.496 e. The third-order valence-electron chi connectivity index (χ3n) is 3.17. The Morgan fingerprint density at radius 3 is 2.94 bits per heavy atom. The van der Waals surface area contributed by atoms with E-state index in [1.54, 1.807) is 7.11 Å². The lowest BCUT2D eigenvalue weighted by molar-refractivity contribution is -0.0966. The summed E-state index contributed by atoms with van der Waals surface area (Å²) in [5.41, 5.74) is 1.06. The topological polar surface area (TPSA) is 30.5 Å². The van der Waals surface area contributed by atoms with Crippen molar-refractivity contribution in [3.8, 4) is 5.75 Å². The van der Waals surface area contributed by atoms with Crippen LogP contribution in [0.25, 0.3) is 0 Å². The molecule has 1 aliphatic rings. The summed E-state index contributed by atoms with van der Waals surface area (Å²) in [6, 6.07) is 8.14. The highest BCUT2D eigenvalue weighted by molar-refractivity contribution is 5.34. The molecular formula is C14H21NO2. The molecule has 0 aliphatic carbocycles. The fourth-order valence-corrected chi connectivity index (χ4v) is 2.46. The summed E-state index contributed by atoms with van der Waals surface area (Å²) >= 11 is 0. The summed E-state index contributed by atoms with van der Waals surface area (Å²) < 4.78 is 11.4. The predicted molar refractivity (Wildman–Crippen MR) is 68.5 cm³/mol. The van der Waals surface area contributed by atoms with Crippen molar-refractivity contribution in [1.29, 1.82) is 0 Å². The van der Waals surface area contributed by atoms with E-state index in [4.69, 9.17) is 9.47 Å². The maximum absolute atomic E-state index is 6.06. The monoisotopic (exact) mass is 235 g/mol. The number of nitrogens with one attached hydrogen (secondary N) is 1. The summed E-state index contributed by atoms with van der Waals surface area (Å²) in [7, 11) is 1.71. The van der Waals surface area contributed by atoms with Gasteiger partial charge >= 0.3 is 0 Å². The minimum absolute atomic E-state index is 0.147. The molecule has 1 aliphatic heterocycles. The molecule has 0 amide bonds. The van der Waals surface area contributed by atoms with Crippen molar-refractivity contribution >= 4 is 0 Å². The summed E-state index contributed by atoms with van der Waals surface area (Å²) in [5, 5.41) is 3.42. The van der Waals surface area contributed by atoms with Gasteiger partial charge in [-0.15, -0.1) is 0 Å². The molecule has 3 nitrogen and oxygen atoms in total. The smallest absolute Gasteiger partial charge is 0.122 e. The quantitative estimate of drug-likeness (QED) is 0.869. The fraction of sp³-hybridized carbons (Fsp3) is 0.571. The highest BCUT2D eigenvalue weighted by Crippen LogP contribution is 2.26. The van der Waals surface area contributed by atoms with E-state index in [9.17, 15) is 0 Å². The Hall–Kier alpha value is -1.06. The third-order valence-corrected chi connectivity index (χ3v) is 3.17. The minimum Gasteiger partial charge on any atom is -0.496 e. The van der Waals surface area contributed by atoms with E-state index < -0.39 is 0 Å². The molecule has 1 saturated heterocycles. The summed E-state index contributed by atoms with van der Waals surface area (Å²) in [6.45, 7) is 6.08.